The fraction of sp³-hybridized carbons (Fsp3) is 0.875. The van der Waals surface area contributed by atoms with Crippen LogP contribution in [0.1, 0.15) is 41.7 Å². The largest absolute Gasteiger partial charge is 0.481 e. The van der Waals surface area contributed by atoms with Crippen LogP contribution in [0.5, 0.6) is 0 Å². The van der Waals surface area contributed by atoms with Crippen LogP contribution >= 0.6 is 0 Å². The monoisotopic (exact) mass is 166 g/mol. The van der Waals surface area contributed by atoms with Gasteiger partial charge in [0.2, 0.25) is 0 Å². The molecule has 0 unspecified atom stereocenters. The number of carboxylic acids is 1. The maximum absolute atomic E-state index is 10.7. The van der Waals surface area contributed by atoms with Gasteiger partial charge in [-0.15, -0.1) is 0 Å². The molecule has 3 nitrogen and oxygen atoms in total. The number of hydrogen-bond donors (Lipinski definition) is 2. The molecule has 0 saturated carbocycles. The summed E-state index contributed by atoms with van der Waals surface area (Å²) >= 11 is 0. The average Bonchev–Trinajstić information content (AvgIpc) is 2.14. The van der Waals surface area contributed by atoms with Crippen LogP contribution in [0.15, 0.2) is 0 Å². The lowest BCUT2D eigenvalue weighted by Crippen LogP contribution is -2.36. The zero-order chi connectivity index (χ0) is 15.2. The Morgan fingerprint density at radius 2 is 2.27 bits per heavy atom. The first-order valence-corrected chi connectivity index (χ1v) is 3.12. The summed E-state index contributed by atoms with van der Waals surface area (Å²) in [5, 5.41) is 8.90. The lowest BCUT2D eigenvalue weighted by Gasteiger charge is -2.19. The van der Waals surface area contributed by atoms with Gasteiger partial charge in [0.05, 0.1) is 0 Å². The molecule has 0 atom stereocenters. The lowest BCUT2D eigenvalue weighted by atomic mass is 10.1. The van der Waals surface area contributed by atoms with Crippen LogP contribution < -0.4 is 5.31 Å². The highest BCUT2D eigenvalue weighted by molar-refractivity contribution is 5.66. The van der Waals surface area contributed by atoms with Crippen LogP contribution in [0.3, 0.4) is 0 Å². The van der Waals surface area contributed by atoms with Crippen molar-refractivity contribution in [2.75, 3.05) is 6.50 Å². The molecule has 0 aliphatic carbocycles. The molecule has 2 N–H and O–H groups in total. The highest BCUT2D eigenvalue weighted by Crippen LogP contribution is 1.98. The van der Waals surface area contributed by atoms with E-state index in [1.54, 1.807) is 0 Å². The highest BCUT2D eigenvalue weighted by atomic mass is 16.4. The van der Waals surface area contributed by atoms with E-state index in [9.17, 15) is 4.79 Å². The minimum atomic E-state index is -3.46. The van der Waals surface area contributed by atoms with Gasteiger partial charge in [-0.1, -0.05) is 0 Å². The Morgan fingerprint density at radius 1 is 1.73 bits per heavy atom. The van der Waals surface area contributed by atoms with Crippen LogP contribution in [0, 0.1) is 0 Å². The van der Waals surface area contributed by atoms with Crippen molar-refractivity contribution in [1.82, 2.24) is 5.31 Å². The molecule has 0 aliphatic heterocycles. The van der Waals surface area contributed by atoms with Crippen LogP contribution in [-0.4, -0.2) is 23.1 Å². The Balaban J connectivity index is 5.67. The van der Waals surface area contributed by atoms with Crippen molar-refractivity contribution in [3.63, 3.8) is 0 Å². The summed E-state index contributed by atoms with van der Waals surface area (Å²) in [6.45, 7) is 1.19. The van der Waals surface area contributed by atoms with Gasteiger partial charge in [-0.25, -0.2) is 0 Å². The molecule has 66 valence electrons. The summed E-state index contributed by atoms with van der Waals surface area (Å²) in [5.74, 6) is -2.11. The zero-order valence-electron chi connectivity index (χ0n) is 13.8. The van der Waals surface area contributed by atoms with E-state index >= 15 is 0 Å². The van der Waals surface area contributed by atoms with Crippen molar-refractivity contribution in [3.8, 4) is 0 Å². The Kier molecular flexibility index (Phi) is 1.35. The minimum absolute atomic E-state index is 0.237. The first kappa shape index (κ1) is 3.44. The van der Waals surface area contributed by atoms with Gasteiger partial charge in [0.25, 0.3) is 0 Å². The molecule has 3 heteroatoms. The smallest absolute Gasteiger partial charge is 0.303 e. The number of rotatable bonds is 4. The molecule has 0 aliphatic rings. The first-order valence-electron chi connectivity index (χ1n) is 6.57. The molecule has 0 amide bonds. The van der Waals surface area contributed by atoms with Gasteiger partial charge < -0.3 is 10.4 Å². The van der Waals surface area contributed by atoms with E-state index < -0.39 is 30.8 Å². The summed E-state index contributed by atoms with van der Waals surface area (Å²) in [7, 11) is 0. The Bertz CT molecular complexity index is 337. The third-order valence-corrected chi connectivity index (χ3v) is 0.617. The normalized spacial score (nSPS) is 25.3. The molecular weight excluding hydrogens is 142 g/mol. The SMILES string of the molecule is [2H]N(C(C)(C)C)C([2H])([2H])C([2H])([2H])C([2H])([2H])C(=O)O. The Hall–Kier alpha value is -0.570. The quantitative estimate of drug-likeness (QED) is 0.660. The van der Waals surface area contributed by atoms with Crippen molar-refractivity contribution >= 4 is 5.97 Å². The third kappa shape index (κ3) is 9.43. The fourth-order valence-electron chi connectivity index (χ4n) is 0.277. The lowest BCUT2D eigenvalue weighted by molar-refractivity contribution is -0.137. The number of nitrogens with one attached hydrogen (secondary N) is 1. The van der Waals surface area contributed by atoms with Crippen molar-refractivity contribution < 1.29 is 19.5 Å². The molecule has 0 spiro atoms. The average molecular weight is 166 g/mol. The molecule has 0 bridgehead atoms. The second-order valence-electron chi connectivity index (χ2n) is 2.95. The number of carbonyl (C=O) groups is 1. The fourth-order valence-corrected chi connectivity index (χ4v) is 0.277. The molecule has 0 fully saturated rings. The maximum Gasteiger partial charge on any atom is 0.303 e. The van der Waals surface area contributed by atoms with E-state index in [0.29, 0.717) is 0 Å². The van der Waals surface area contributed by atoms with E-state index in [2.05, 4.69) is 0 Å². The van der Waals surface area contributed by atoms with E-state index in [4.69, 9.17) is 14.7 Å². The van der Waals surface area contributed by atoms with Gasteiger partial charge in [-0.2, -0.15) is 0 Å². The second-order valence-corrected chi connectivity index (χ2v) is 2.95. The molecule has 0 rings (SSSR count). The number of hydrogen-bond acceptors (Lipinski definition) is 2. The van der Waals surface area contributed by atoms with Crippen molar-refractivity contribution in [3.05, 3.63) is 0 Å². The molecule has 0 aromatic rings. The first-order chi connectivity index (χ1) is 7.60. The van der Waals surface area contributed by atoms with Crippen LogP contribution in [0.2, 0.25) is 1.41 Å². The summed E-state index contributed by atoms with van der Waals surface area (Å²) in [6.07, 6.45) is -6.86. The predicted octanol–water partition coefficient (Wildman–Crippen LogP) is 1.24. The molecule has 0 aromatic carbocycles. The zero-order valence-corrected chi connectivity index (χ0v) is 6.80. The van der Waals surface area contributed by atoms with Crippen molar-refractivity contribution in [2.24, 2.45) is 0 Å². The van der Waals surface area contributed by atoms with Crippen molar-refractivity contribution in [2.45, 2.75) is 39.1 Å². The predicted molar refractivity (Wildman–Crippen MR) is 44.6 cm³/mol. The van der Waals surface area contributed by atoms with E-state index in [0.717, 1.165) is 0 Å². The van der Waals surface area contributed by atoms with Gasteiger partial charge in [0, 0.05) is 20.1 Å². The topological polar surface area (TPSA) is 49.3 Å². The summed E-state index contributed by atoms with van der Waals surface area (Å²) < 4.78 is 51.9. The van der Waals surface area contributed by atoms with Gasteiger partial charge in [0.1, 0.15) is 1.41 Å². The van der Waals surface area contributed by atoms with E-state index in [-0.39, 0.29) is 5.31 Å². The van der Waals surface area contributed by atoms with Crippen LogP contribution in [0.4, 0.5) is 0 Å². The van der Waals surface area contributed by atoms with Crippen LogP contribution in [0.25, 0.3) is 0 Å². The second kappa shape index (κ2) is 4.34. The summed E-state index contributed by atoms with van der Waals surface area (Å²) in [5.41, 5.74) is -1.12. The third-order valence-electron chi connectivity index (χ3n) is 0.617. The van der Waals surface area contributed by atoms with Gasteiger partial charge >= 0.3 is 5.97 Å². The molecule has 0 aromatic heterocycles. The van der Waals surface area contributed by atoms with E-state index in [1.807, 2.05) is 0 Å². The van der Waals surface area contributed by atoms with Crippen LogP contribution in [-0.2, 0) is 4.79 Å². The van der Waals surface area contributed by atoms with Gasteiger partial charge in [-0.3, -0.25) is 4.79 Å². The highest BCUT2D eigenvalue weighted by Gasteiger charge is 2.07. The molecule has 0 saturated heterocycles. The number of carboxylic acid groups (broad SMARTS) is 1. The van der Waals surface area contributed by atoms with Crippen molar-refractivity contribution in [1.29, 1.82) is 0 Å². The molecular formula is C8H17NO2. The molecule has 11 heavy (non-hydrogen) atoms. The minimum Gasteiger partial charge on any atom is -0.481 e. The summed E-state index contributed by atoms with van der Waals surface area (Å²) in [6, 6.07) is 0. The summed E-state index contributed by atoms with van der Waals surface area (Å²) in [4.78, 5) is 10.7. The van der Waals surface area contributed by atoms with E-state index in [1.165, 1.54) is 20.8 Å². The van der Waals surface area contributed by atoms with Gasteiger partial charge in [-0.05, 0) is 33.6 Å². The Morgan fingerprint density at radius 3 is 2.64 bits per heavy atom. The maximum atomic E-state index is 10.7. The van der Waals surface area contributed by atoms with Gasteiger partial charge in [0.15, 0.2) is 0 Å². The number of aliphatic carboxylic acids is 1. The molecule has 0 heterocycles. The Labute approximate surface area is 77.7 Å². The standard InChI is InChI=1S/C8H17NO2/c1-8(2,3)9-6-4-5-7(10)11/h9H,4-6H2,1-3H3,(H,10,11)/i4D2,5D2,6D2/hD. The molecule has 0 radical (unpaired) electrons.